The molecule has 0 bridgehead atoms. The first kappa shape index (κ1) is 13.5. The van der Waals surface area contributed by atoms with Crippen molar-refractivity contribution in [3.05, 3.63) is 0 Å². The molecule has 1 unspecified atom stereocenters. The molecule has 1 rings (SSSR count). The van der Waals surface area contributed by atoms with E-state index in [0.717, 1.165) is 19.5 Å². The average molecular weight is 227 g/mol. The van der Waals surface area contributed by atoms with Crippen LogP contribution >= 0.6 is 0 Å². The summed E-state index contributed by atoms with van der Waals surface area (Å²) in [5, 5.41) is 0. The summed E-state index contributed by atoms with van der Waals surface area (Å²) >= 11 is 0. The molecule has 94 valence electrons. The Balaban J connectivity index is 2.57. The predicted octanol–water partition coefficient (Wildman–Crippen LogP) is 2.45. The monoisotopic (exact) mass is 227 g/mol. The van der Waals surface area contributed by atoms with Crippen molar-refractivity contribution in [3.63, 3.8) is 0 Å². The van der Waals surface area contributed by atoms with E-state index in [1.54, 1.807) is 0 Å². The normalized spacial score (nSPS) is 19.8. The zero-order chi connectivity index (χ0) is 12.0. The summed E-state index contributed by atoms with van der Waals surface area (Å²) in [7, 11) is 0. The Morgan fingerprint density at radius 2 is 1.88 bits per heavy atom. The van der Waals surface area contributed by atoms with Crippen LogP contribution in [0.4, 0.5) is 0 Å². The predicted molar refractivity (Wildman–Crippen MR) is 65.3 cm³/mol. The molecule has 0 radical (unpaired) electrons. The second-order valence-corrected chi connectivity index (χ2v) is 4.99. The highest BCUT2D eigenvalue weighted by Gasteiger charge is 2.28. The summed E-state index contributed by atoms with van der Waals surface area (Å²) in [6, 6.07) is -0.0137. The molecule has 16 heavy (non-hydrogen) atoms. The van der Waals surface area contributed by atoms with Crippen molar-refractivity contribution < 1.29 is 9.53 Å². The molecule has 0 aliphatic carbocycles. The summed E-state index contributed by atoms with van der Waals surface area (Å²) in [4.78, 5) is 14.2. The van der Waals surface area contributed by atoms with Crippen molar-refractivity contribution in [2.24, 2.45) is 5.92 Å². The summed E-state index contributed by atoms with van der Waals surface area (Å²) in [5.41, 5.74) is 0. The quantitative estimate of drug-likeness (QED) is 0.676. The lowest BCUT2D eigenvalue weighted by Gasteiger charge is -2.33. The maximum Gasteiger partial charge on any atom is 0.323 e. The van der Waals surface area contributed by atoms with Gasteiger partial charge in [0.05, 0.1) is 6.61 Å². The van der Waals surface area contributed by atoms with E-state index in [-0.39, 0.29) is 12.0 Å². The lowest BCUT2D eigenvalue weighted by molar-refractivity contribution is -0.150. The number of esters is 1. The Kier molecular flexibility index (Phi) is 5.81. The van der Waals surface area contributed by atoms with E-state index in [0.29, 0.717) is 12.5 Å². The van der Waals surface area contributed by atoms with Crippen molar-refractivity contribution in [3.8, 4) is 0 Å². The van der Waals surface area contributed by atoms with Gasteiger partial charge in [-0.05, 0) is 45.2 Å². The van der Waals surface area contributed by atoms with Gasteiger partial charge in [0, 0.05) is 0 Å². The smallest absolute Gasteiger partial charge is 0.323 e. The van der Waals surface area contributed by atoms with Gasteiger partial charge in [0.25, 0.3) is 0 Å². The molecule has 0 spiro atoms. The largest absolute Gasteiger partial charge is 0.465 e. The fourth-order valence-electron chi connectivity index (χ4n) is 2.31. The Morgan fingerprint density at radius 1 is 1.25 bits per heavy atom. The molecule has 0 saturated carbocycles. The number of carbonyl (C=O) groups is 1. The minimum Gasteiger partial charge on any atom is -0.465 e. The van der Waals surface area contributed by atoms with Gasteiger partial charge in [-0.25, -0.2) is 0 Å². The van der Waals surface area contributed by atoms with Crippen LogP contribution in [0, 0.1) is 5.92 Å². The molecule has 1 saturated heterocycles. The lowest BCUT2D eigenvalue weighted by atomic mass is 10.00. The first-order valence-corrected chi connectivity index (χ1v) is 6.55. The van der Waals surface area contributed by atoms with Crippen molar-refractivity contribution in [2.75, 3.05) is 19.7 Å². The third kappa shape index (κ3) is 4.12. The number of hydrogen-bond donors (Lipinski definition) is 0. The van der Waals surface area contributed by atoms with Gasteiger partial charge in [-0.15, -0.1) is 0 Å². The molecule has 0 aromatic heterocycles. The van der Waals surface area contributed by atoms with E-state index < -0.39 is 0 Å². The highest BCUT2D eigenvalue weighted by molar-refractivity contribution is 5.75. The molecule has 1 heterocycles. The maximum atomic E-state index is 11.9. The van der Waals surface area contributed by atoms with Crippen LogP contribution < -0.4 is 0 Å². The van der Waals surface area contributed by atoms with Crippen LogP contribution in [-0.4, -0.2) is 36.6 Å². The number of ether oxygens (including phenoxy) is 1. The maximum absolute atomic E-state index is 11.9. The zero-order valence-electron chi connectivity index (χ0n) is 10.9. The highest BCUT2D eigenvalue weighted by atomic mass is 16.5. The molecule has 1 aliphatic rings. The van der Waals surface area contributed by atoms with Crippen LogP contribution in [0.2, 0.25) is 0 Å². The van der Waals surface area contributed by atoms with Crippen LogP contribution in [0.25, 0.3) is 0 Å². The topological polar surface area (TPSA) is 29.5 Å². The fraction of sp³-hybridized carbons (Fsp3) is 0.923. The minimum absolute atomic E-state index is 0.0137. The summed E-state index contributed by atoms with van der Waals surface area (Å²) < 4.78 is 5.18. The molecule has 0 amide bonds. The molecule has 1 aliphatic heterocycles. The van der Waals surface area contributed by atoms with E-state index in [4.69, 9.17) is 4.74 Å². The van der Waals surface area contributed by atoms with Gasteiger partial charge in [0.15, 0.2) is 0 Å². The van der Waals surface area contributed by atoms with Crippen LogP contribution in [0.3, 0.4) is 0 Å². The molecular weight excluding hydrogens is 202 g/mol. The van der Waals surface area contributed by atoms with E-state index in [9.17, 15) is 4.79 Å². The number of piperidine rings is 1. The number of hydrogen-bond acceptors (Lipinski definition) is 3. The van der Waals surface area contributed by atoms with Gasteiger partial charge in [-0.1, -0.05) is 20.3 Å². The van der Waals surface area contributed by atoms with E-state index >= 15 is 0 Å². The van der Waals surface area contributed by atoms with Crippen molar-refractivity contribution in [1.29, 1.82) is 0 Å². The highest BCUT2D eigenvalue weighted by Crippen LogP contribution is 2.18. The molecule has 3 heteroatoms. The lowest BCUT2D eigenvalue weighted by Crippen LogP contribution is -2.45. The van der Waals surface area contributed by atoms with Crippen LogP contribution in [0.5, 0.6) is 0 Å². The molecule has 1 fully saturated rings. The van der Waals surface area contributed by atoms with Gasteiger partial charge < -0.3 is 4.74 Å². The van der Waals surface area contributed by atoms with Crippen molar-refractivity contribution in [2.45, 2.75) is 52.5 Å². The number of carbonyl (C=O) groups excluding carboxylic acids is 1. The first-order valence-electron chi connectivity index (χ1n) is 6.55. The summed E-state index contributed by atoms with van der Waals surface area (Å²) in [6.45, 7) is 8.79. The van der Waals surface area contributed by atoms with Gasteiger partial charge in [-0.2, -0.15) is 0 Å². The average Bonchev–Trinajstić information content (AvgIpc) is 2.27. The standard InChI is InChI=1S/C13H25NO2/c1-4-16-13(15)12(10-11(2)3)14-8-6-5-7-9-14/h11-12H,4-10H2,1-3H3. The molecule has 0 aromatic rings. The van der Waals surface area contributed by atoms with E-state index in [1.807, 2.05) is 6.92 Å². The number of rotatable bonds is 5. The first-order chi connectivity index (χ1) is 7.65. The van der Waals surface area contributed by atoms with Gasteiger partial charge in [-0.3, -0.25) is 9.69 Å². The van der Waals surface area contributed by atoms with Crippen LogP contribution in [0.15, 0.2) is 0 Å². The second-order valence-electron chi connectivity index (χ2n) is 4.99. The van der Waals surface area contributed by atoms with Crippen molar-refractivity contribution in [1.82, 2.24) is 4.90 Å². The van der Waals surface area contributed by atoms with Crippen LogP contribution in [-0.2, 0) is 9.53 Å². The van der Waals surface area contributed by atoms with Crippen LogP contribution in [0.1, 0.15) is 46.5 Å². The molecule has 0 aromatic carbocycles. The Morgan fingerprint density at radius 3 is 2.38 bits per heavy atom. The third-order valence-electron chi connectivity index (χ3n) is 3.08. The summed E-state index contributed by atoms with van der Waals surface area (Å²) in [6.07, 6.45) is 4.65. The van der Waals surface area contributed by atoms with Crippen molar-refractivity contribution >= 4 is 5.97 Å². The van der Waals surface area contributed by atoms with E-state index in [1.165, 1.54) is 19.3 Å². The molecular formula is C13H25NO2. The second kappa shape index (κ2) is 6.89. The minimum atomic E-state index is -0.0295. The van der Waals surface area contributed by atoms with E-state index in [2.05, 4.69) is 18.7 Å². The number of likely N-dealkylation sites (tertiary alicyclic amines) is 1. The van der Waals surface area contributed by atoms with Gasteiger partial charge >= 0.3 is 5.97 Å². The Labute approximate surface area is 99.1 Å². The fourth-order valence-corrected chi connectivity index (χ4v) is 2.31. The van der Waals surface area contributed by atoms with Gasteiger partial charge in [0.2, 0.25) is 0 Å². The number of nitrogens with zero attached hydrogens (tertiary/aromatic N) is 1. The molecule has 1 atom stereocenters. The van der Waals surface area contributed by atoms with Gasteiger partial charge in [0.1, 0.15) is 6.04 Å². The Bertz CT molecular complexity index is 210. The third-order valence-corrected chi connectivity index (χ3v) is 3.08. The zero-order valence-corrected chi connectivity index (χ0v) is 10.9. The molecule has 3 nitrogen and oxygen atoms in total. The SMILES string of the molecule is CCOC(=O)C(CC(C)C)N1CCCCC1. The molecule has 0 N–H and O–H groups in total. The Hall–Kier alpha value is -0.570. The summed E-state index contributed by atoms with van der Waals surface area (Å²) in [5.74, 6) is 0.509.